The van der Waals surface area contributed by atoms with Crippen molar-refractivity contribution >= 4 is 0 Å². The SMILES string of the molecule is CCCCO[C@@H]1[C@H]2OC(C)(C)O[C@H]2O[C@@H]1[C@H]1COC(C)(C)O1. The zero-order valence-electron chi connectivity index (χ0n) is 14.2. The van der Waals surface area contributed by atoms with Crippen molar-refractivity contribution in [1.82, 2.24) is 0 Å². The van der Waals surface area contributed by atoms with E-state index in [0.29, 0.717) is 13.2 Å². The second-order valence-electron chi connectivity index (χ2n) is 7.13. The van der Waals surface area contributed by atoms with Crippen molar-refractivity contribution in [2.24, 2.45) is 0 Å². The Kier molecular flexibility index (Phi) is 4.53. The summed E-state index contributed by atoms with van der Waals surface area (Å²) in [6.07, 6.45) is 0.889. The average molecular weight is 316 g/mol. The van der Waals surface area contributed by atoms with Crippen LogP contribution < -0.4 is 0 Å². The van der Waals surface area contributed by atoms with Crippen LogP contribution in [0.4, 0.5) is 0 Å². The number of rotatable bonds is 5. The van der Waals surface area contributed by atoms with Crippen LogP contribution in [-0.2, 0) is 28.4 Å². The van der Waals surface area contributed by atoms with Gasteiger partial charge in [0.2, 0.25) is 0 Å². The lowest BCUT2D eigenvalue weighted by Gasteiger charge is -2.29. The van der Waals surface area contributed by atoms with Gasteiger partial charge in [0.05, 0.1) is 6.61 Å². The maximum atomic E-state index is 6.08. The average Bonchev–Trinajstić information content (AvgIpc) is 3.01. The predicted molar refractivity (Wildman–Crippen MR) is 78.3 cm³/mol. The van der Waals surface area contributed by atoms with E-state index in [-0.39, 0.29) is 24.4 Å². The second kappa shape index (κ2) is 6.00. The fraction of sp³-hybridized carbons (Fsp3) is 1.00. The second-order valence-corrected chi connectivity index (χ2v) is 7.13. The summed E-state index contributed by atoms with van der Waals surface area (Å²) in [4.78, 5) is 0. The van der Waals surface area contributed by atoms with Gasteiger partial charge < -0.3 is 28.4 Å². The van der Waals surface area contributed by atoms with Crippen LogP contribution in [0.2, 0.25) is 0 Å². The zero-order valence-corrected chi connectivity index (χ0v) is 14.2. The number of hydrogen-bond donors (Lipinski definition) is 0. The molecule has 128 valence electrons. The summed E-state index contributed by atoms with van der Waals surface area (Å²) in [6, 6.07) is 0. The van der Waals surface area contributed by atoms with E-state index in [0.717, 1.165) is 12.8 Å². The first-order valence-electron chi connectivity index (χ1n) is 8.26. The zero-order chi connectivity index (χ0) is 16.0. The minimum Gasteiger partial charge on any atom is -0.372 e. The highest BCUT2D eigenvalue weighted by Gasteiger charge is 2.58. The van der Waals surface area contributed by atoms with Gasteiger partial charge in [0.25, 0.3) is 0 Å². The Hall–Kier alpha value is -0.240. The molecule has 6 heteroatoms. The Morgan fingerprint density at radius 1 is 1.00 bits per heavy atom. The molecule has 3 aliphatic heterocycles. The quantitative estimate of drug-likeness (QED) is 0.725. The van der Waals surface area contributed by atoms with Crippen molar-refractivity contribution in [1.29, 1.82) is 0 Å². The molecule has 0 aromatic heterocycles. The van der Waals surface area contributed by atoms with Crippen molar-refractivity contribution in [3.8, 4) is 0 Å². The van der Waals surface area contributed by atoms with E-state index in [1.54, 1.807) is 0 Å². The standard InChI is InChI=1S/C16H28O6/c1-6-7-8-17-12-11(10-9-18-15(2,3)20-10)19-14-13(12)21-16(4,5)22-14/h10-14H,6-9H2,1-5H3/t10-,11-,12+,13-,14-/m1/s1. The Bertz CT molecular complexity index is 396. The molecule has 3 rings (SSSR count). The molecule has 3 fully saturated rings. The summed E-state index contributed by atoms with van der Waals surface area (Å²) < 4.78 is 35.6. The number of hydrogen-bond acceptors (Lipinski definition) is 6. The van der Waals surface area contributed by atoms with Crippen LogP contribution in [0.5, 0.6) is 0 Å². The van der Waals surface area contributed by atoms with Gasteiger partial charge in [-0.2, -0.15) is 0 Å². The molecule has 0 spiro atoms. The van der Waals surface area contributed by atoms with E-state index in [1.165, 1.54) is 0 Å². The van der Waals surface area contributed by atoms with Gasteiger partial charge >= 0.3 is 0 Å². The molecule has 3 aliphatic rings. The molecule has 0 aromatic rings. The Morgan fingerprint density at radius 3 is 2.41 bits per heavy atom. The maximum absolute atomic E-state index is 6.08. The molecule has 0 bridgehead atoms. The van der Waals surface area contributed by atoms with Crippen LogP contribution in [0.3, 0.4) is 0 Å². The predicted octanol–water partition coefficient (Wildman–Crippen LogP) is 2.20. The first-order valence-corrected chi connectivity index (χ1v) is 8.26. The maximum Gasteiger partial charge on any atom is 0.190 e. The number of fused-ring (bicyclic) bond motifs is 1. The topological polar surface area (TPSA) is 55.4 Å². The molecule has 0 saturated carbocycles. The molecule has 0 aromatic carbocycles. The lowest BCUT2D eigenvalue weighted by molar-refractivity contribution is -0.236. The van der Waals surface area contributed by atoms with Gasteiger partial charge in [-0.1, -0.05) is 13.3 Å². The summed E-state index contributed by atoms with van der Waals surface area (Å²) in [5, 5.41) is 0. The Balaban J connectivity index is 1.69. The van der Waals surface area contributed by atoms with Crippen molar-refractivity contribution in [2.45, 2.75) is 89.7 Å². The van der Waals surface area contributed by atoms with E-state index in [1.807, 2.05) is 27.7 Å². The fourth-order valence-corrected chi connectivity index (χ4v) is 3.23. The minimum atomic E-state index is -0.640. The van der Waals surface area contributed by atoms with Crippen LogP contribution in [0.25, 0.3) is 0 Å². The molecule has 0 unspecified atom stereocenters. The summed E-state index contributed by atoms with van der Waals surface area (Å²) in [5.74, 6) is -1.22. The molecule has 0 amide bonds. The number of unbranched alkanes of at least 4 members (excludes halogenated alkanes) is 1. The largest absolute Gasteiger partial charge is 0.372 e. The highest BCUT2D eigenvalue weighted by molar-refractivity contribution is 4.98. The fourth-order valence-electron chi connectivity index (χ4n) is 3.23. The van der Waals surface area contributed by atoms with Gasteiger partial charge in [0.1, 0.15) is 24.4 Å². The van der Waals surface area contributed by atoms with Gasteiger partial charge in [0, 0.05) is 6.61 Å². The Morgan fingerprint density at radius 2 is 1.77 bits per heavy atom. The monoisotopic (exact) mass is 316 g/mol. The summed E-state index contributed by atoms with van der Waals surface area (Å²) >= 11 is 0. The van der Waals surface area contributed by atoms with Gasteiger partial charge in [-0.15, -0.1) is 0 Å². The molecule has 0 aliphatic carbocycles. The van der Waals surface area contributed by atoms with Gasteiger partial charge in [-0.3, -0.25) is 0 Å². The van der Waals surface area contributed by atoms with Gasteiger partial charge in [0.15, 0.2) is 17.9 Å². The van der Waals surface area contributed by atoms with Crippen molar-refractivity contribution in [2.75, 3.05) is 13.2 Å². The van der Waals surface area contributed by atoms with Crippen molar-refractivity contribution < 1.29 is 28.4 Å². The van der Waals surface area contributed by atoms with E-state index >= 15 is 0 Å². The van der Waals surface area contributed by atoms with E-state index in [9.17, 15) is 0 Å². The van der Waals surface area contributed by atoms with Gasteiger partial charge in [-0.05, 0) is 34.1 Å². The first kappa shape index (κ1) is 16.6. The molecule has 0 radical (unpaired) electrons. The van der Waals surface area contributed by atoms with Crippen LogP contribution >= 0.6 is 0 Å². The number of ether oxygens (including phenoxy) is 6. The molecule has 3 saturated heterocycles. The van der Waals surface area contributed by atoms with Crippen LogP contribution in [0, 0.1) is 0 Å². The van der Waals surface area contributed by atoms with Crippen LogP contribution in [0.15, 0.2) is 0 Å². The molecule has 22 heavy (non-hydrogen) atoms. The van der Waals surface area contributed by atoms with E-state index < -0.39 is 17.9 Å². The normalized spacial score (nSPS) is 42.7. The summed E-state index contributed by atoms with van der Waals surface area (Å²) in [5.41, 5.74) is 0. The highest BCUT2D eigenvalue weighted by atomic mass is 16.8. The smallest absolute Gasteiger partial charge is 0.190 e. The summed E-state index contributed by atoms with van der Waals surface area (Å²) in [6.45, 7) is 10.9. The lowest BCUT2D eigenvalue weighted by Crippen LogP contribution is -2.44. The lowest BCUT2D eigenvalue weighted by atomic mass is 10.1. The molecule has 5 atom stereocenters. The van der Waals surface area contributed by atoms with Crippen molar-refractivity contribution in [3.63, 3.8) is 0 Å². The Labute approximate surface area is 132 Å². The molecule has 6 nitrogen and oxygen atoms in total. The highest BCUT2D eigenvalue weighted by Crippen LogP contribution is 2.41. The molecule has 3 heterocycles. The van der Waals surface area contributed by atoms with E-state index in [4.69, 9.17) is 28.4 Å². The summed E-state index contributed by atoms with van der Waals surface area (Å²) in [7, 11) is 0. The van der Waals surface area contributed by atoms with Crippen LogP contribution in [0.1, 0.15) is 47.5 Å². The molecular formula is C16H28O6. The third-order valence-electron chi connectivity index (χ3n) is 4.23. The van der Waals surface area contributed by atoms with Crippen LogP contribution in [-0.4, -0.2) is 55.5 Å². The van der Waals surface area contributed by atoms with Crippen molar-refractivity contribution in [3.05, 3.63) is 0 Å². The third-order valence-corrected chi connectivity index (χ3v) is 4.23. The molecule has 0 N–H and O–H groups in total. The third kappa shape index (κ3) is 3.32. The minimum absolute atomic E-state index is 0.164. The molecular weight excluding hydrogens is 288 g/mol. The van der Waals surface area contributed by atoms with E-state index in [2.05, 4.69) is 6.92 Å². The first-order chi connectivity index (χ1) is 10.3. The van der Waals surface area contributed by atoms with Gasteiger partial charge in [-0.25, -0.2) is 0 Å².